The summed E-state index contributed by atoms with van der Waals surface area (Å²) in [5.74, 6) is -0.344. The van der Waals surface area contributed by atoms with E-state index in [-0.39, 0.29) is 28.7 Å². The molecule has 6 heteroatoms. The molecule has 1 aliphatic heterocycles. The number of carbonyl (C=O) groups excluding carboxylic acids is 1. The van der Waals surface area contributed by atoms with Gasteiger partial charge in [0.2, 0.25) is 0 Å². The Morgan fingerprint density at radius 1 is 1.38 bits per heavy atom. The summed E-state index contributed by atoms with van der Waals surface area (Å²) in [4.78, 5) is 22.8. The summed E-state index contributed by atoms with van der Waals surface area (Å²) in [6.45, 7) is 0.891. The third kappa shape index (κ3) is 2.76. The van der Waals surface area contributed by atoms with E-state index >= 15 is 0 Å². The van der Waals surface area contributed by atoms with Crippen molar-refractivity contribution >= 4 is 11.6 Å². The summed E-state index contributed by atoms with van der Waals surface area (Å²) in [7, 11) is 0. The van der Waals surface area contributed by atoms with Gasteiger partial charge >= 0.3 is 0 Å². The standard InChI is InChI=1S/C15H19N3O3/c19-14(12-4-1-2-5-13(12)18(20)21)17-11-6-9-16-15(10-11)7-3-8-15/h1-2,4-5,11,16H,3,6-10H2,(H,17,19). The van der Waals surface area contributed by atoms with Gasteiger partial charge < -0.3 is 10.6 Å². The molecule has 1 saturated heterocycles. The minimum atomic E-state index is -0.509. The van der Waals surface area contributed by atoms with E-state index in [2.05, 4.69) is 10.6 Å². The Hall–Kier alpha value is -1.95. The molecule has 1 aromatic carbocycles. The molecule has 1 unspecified atom stereocenters. The van der Waals surface area contributed by atoms with Gasteiger partial charge in [0.15, 0.2) is 0 Å². The molecule has 1 saturated carbocycles. The molecule has 3 rings (SSSR count). The van der Waals surface area contributed by atoms with Crippen LogP contribution in [0.2, 0.25) is 0 Å². The van der Waals surface area contributed by atoms with Crippen LogP contribution in [-0.4, -0.2) is 29.0 Å². The maximum absolute atomic E-state index is 12.3. The van der Waals surface area contributed by atoms with Crippen LogP contribution in [0.1, 0.15) is 42.5 Å². The third-order valence-electron chi connectivity index (χ3n) is 4.62. The fourth-order valence-electron chi connectivity index (χ4n) is 3.35. The van der Waals surface area contributed by atoms with E-state index in [4.69, 9.17) is 0 Å². The lowest BCUT2D eigenvalue weighted by atomic mass is 9.70. The summed E-state index contributed by atoms with van der Waals surface area (Å²) in [5, 5.41) is 17.5. The van der Waals surface area contributed by atoms with E-state index in [0.717, 1.165) is 32.2 Å². The van der Waals surface area contributed by atoms with E-state index in [1.807, 2.05) is 0 Å². The van der Waals surface area contributed by atoms with Crippen molar-refractivity contribution < 1.29 is 9.72 Å². The van der Waals surface area contributed by atoms with Crippen LogP contribution in [-0.2, 0) is 0 Å². The average molecular weight is 289 g/mol. The minimum Gasteiger partial charge on any atom is -0.349 e. The Morgan fingerprint density at radius 2 is 2.14 bits per heavy atom. The number of hydrogen-bond donors (Lipinski definition) is 2. The molecule has 2 aliphatic rings. The van der Waals surface area contributed by atoms with Gasteiger partial charge in [-0.15, -0.1) is 0 Å². The number of rotatable bonds is 3. The third-order valence-corrected chi connectivity index (χ3v) is 4.62. The number of benzene rings is 1. The van der Waals surface area contributed by atoms with Crippen molar-refractivity contribution in [3.05, 3.63) is 39.9 Å². The molecule has 6 nitrogen and oxygen atoms in total. The van der Waals surface area contributed by atoms with Crippen LogP contribution in [0, 0.1) is 10.1 Å². The second kappa shape index (κ2) is 5.44. The van der Waals surface area contributed by atoms with E-state index in [1.54, 1.807) is 12.1 Å². The first kappa shape index (κ1) is 14.0. The highest BCUT2D eigenvalue weighted by atomic mass is 16.6. The number of hydrogen-bond acceptors (Lipinski definition) is 4. The second-order valence-corrected chi connectivity index (χ2v) is 6.00. The Balaban J connectivity index is 1.70. The van der Waals surface area contributed by atoms with Gasteiger partial charge in [-0.05, 0) is 44.7 Å². The number of amides is 1. The Bertz CT molecular complexity index is 569. The van der Waals surface area contributed by atoms with Gasteiger partial charge in [0, 0.05) is 17.6 Å². The first-order valence-electron chi connectivity index (χ1n) is 7.39. The molecule has 0 bridgehead atoms. The molecule has 112 valence electrons. The van der Waals surface area contributed by atoms with Crippen LogP contribution in [0.4, 0.5) is 5.69 Å². The summed E-state index contributed by atoms with van der Waals surface area (Å²) < 4.78 is 0. The van der Waals surface area contributed by atoms with Crippen molar-refractivity contribution in [3.63, 3.8) is 0 Å². The molecule has 1 spiro atoms. The molecular formula is C15H19N3O3. The van der Waals surface area contributed by atoms with Crippen molar-refractivity contribution in [2.24, 2.45) is 0 Å². The van der Waals surface area contributed by atoms with Gasteiger partial charge in [0.1, 0.15) is 5.56 Å². The molecule has 1 atom stereocenters. The number of nitro benzene ring substituents is 1. The van der Waals surface area contributed by atoms with Crippen LogP contribution in [0.25, 0.3) is 0 Å². The van der Waals surface area contributed by atoms with E-state index < -0.39 is 4.92 Å². The van der Waals surface area contributed by atoms with Gasteiger partial charge in [0.05, 0.1) is 4.92 Å². The van der Waals surface area contributed by atoms with Crippen LogP contribution < -0.4 is 10.6 Å². The van der Waals surface area contributed by atoms with Crippen LogP contribution >= 0.6 is 0 Å². The molecule has 21 heavy (non-hydrogen) atoms. The summed E-state index contributed by atoms with van der Waals surface area (Å²) in [6, 6.07) is 6.19. The number of nitrogens with zero attached hydrogens (tertiary/aromatic N) is 1. The lowest BCUT2D eigenvalue weighted by Crippen LogP contribution is -2.59. The first-order chi connectivity index (χ1) is 10.1. The quantitative estimate of drug-likeness (QED) is 0.658. The number of piperidine rings is 1. The van der Waals surface area contributed by atoms with Crippen LogP contribution in [0.3, 0.4) is 0 Å². The average Bonchev–Trinajstić information content (AvgIpc) is 2.46. The highest BCUT2D eigenvalue weighted by Gasteiger charge is 2.41. The van der Waals surface area contributed by atoms with E-state index in [1.165, 1.54) is 18.6 Å². The van der Waals surface area contributed by atoms with E-state index in [0.29, 0.717) is 0 Å². The normalized spacial score (nSPS) is 23.3. The molecule has 2 N–H and O–H groups in total. The first-order valence-corrected chi connectivity index (χ1v) is 7.39. The summed E-state index contributed by atoms with van der Waals surface area (Å²) in [6.07, 6.45) is 5.33. The second-order valence-electron chi connectivity index (χ2n) is 6.00. The topological polar surface area (TPSA) is 84.3 Å². The van der Waals surface area contributed by atoms with Crippen molar-refractivity contribution in [2.45, 2.75) is 43.7 Å². The molecule has 1 aromatic rings. The molecule has 2 fully saturated rings. The zero-order valence-electron chi connectivity index (χ0n) is 11.8. The molecule has 1 amide bonds. The van der Waals surface area contributed by atoms with Gasteiger partial charge in [-0.3, -0.25) is 14.9 Å². The number of nitrogens with one attached hydrogen (secondary N) is 2. The molecule has 0 aromatic heterocycles. The lowest BCUT2D eigenvalue weighted by Gasteiger charge is -2.48. The van der Waals surface area contributed by atoms with Gasteiger partial charge in [-0.25, -0.2) is 0 Å². The van der Waals surface area contributed by atoms with E-state index in [9.17, 15) is 14.9 Å². The molecule has 1 aliphatic carbocycles. The van der Waals surface area contributed by atoms with Crippen LogP contribution in [0.5, 0.6) is 0 Å². The highest BCUT2D eigenvalue weighted by Crippen LogP contribution is 2.38. The monoisotopic (exact) mass is 289 g/mol. The van der Waals surface area contributed by atoms with Gasteiger partial charge in [-0.1, -0.05) is 12.1 Å². The zero-order chi connectivity index (χ0) is 14.9. The predicted molar refractivity (Wildman–Crippen MR) is 78.2 cm³/mol. The van der Waals surface area contributed by atoms with Crippen molar-refractivity contribution in [2.75, 3.05) is 6.54 Å². The Kier molecular flexibility index (Phi) is 3.63. The molecule has 1 heterocycles. The highest BCUT2D eigenvalue weighted by molar-refractivity contribution is 5.98. The van der Waals surface area contributed by atoms with Crippen LogP contribution in [0.15, 0.2) is 24.3 Å². The number of para-hydroxylation sites is 1. The smallest absolute Gasteiger partial charge is 0.282 e. The minimum absolute atomic E-state index is 0.0962. The predicted octanol–water partition coefficient (Wildman–Crippen LogP) is 2.00. The van der Waals surface area contributed by atoms with Gasteiger partial charge in [0.25, 0.3) is 11.6 Å². The Morgan fingerprint density at radius 3 is 2.81 bits per heavy atom. The fraction of sp³-hybridized carbons (Fsp3) is 0.533. The maximum atomic E-state index is 12.3. The maximum Gasteiger partial charge on any atom is 0.282 e. The number of nitro groups is 1. The summed E-state index contributed by atoms with van der Waals surface area (Å²) >= 11 is 0. The van der Waals surface area contributed by atoms with Crippen molar-refractivity contribution in [1.29, 1.82) is 0 Å². The fourth-order valence-corrected chi connectivity index (χ4v) is 3.35. The molecule has 0 radical (unpaired) electrons. The van der Waals surface area contributed by atoms with Crippen molar-refractivity contribution in [3.8, 4) is 0 Å². The number of carbonyl (C=O) groups is 1. The molecular weight excluding hydrogens is 270 g/mol. The van der Waals surface area contributed by atoms with Gasteiger partial charge in [-0.2, -0.15) is 0 Å². The zero-order valence-corrected chi connectivity index (χ0v) is 11.8. The van der Waals surface area contributed by atoms with Crippen molar-refractivity contribution in [1.82, 2.24) is 10.6 Å². The lowest BCUT2D eigenvalue weighted by molar-refractivity contribution is -0.385. The largest absolute Gasteiger partial charge is 0.349 e. The summed E-state index contributed by atoms with van der Waals surface area (Å²) in [5.41, 5.74) is 0.199. The SMILES string of the molecule is O=C(NC1CCNC2(CCC2)C1)c1ccccc1[N+](=O)[O-]. The Labute approximate surface area is 123 Å².